The van der Waals surface area contributed by atoms with Crippen molar-refractivity contribution >= 4 is 29.0 Å². The number of nitrogens with one attached hydrogen (secondary N) is 3. The summed E-state index contributed by atoms with van der Waals surface area (Å²) in [5.41, 5.74) is 17.0. The van der Waals surface area contributed by atoms with Gasteiger partial charge in [-0.05, 0) is 84.3 Å². The van der Waals surface area contributed by atoms with E-state index in [-0.39, 0.29) is 23.1 Å². The molecule has 6 nitrogen and oxygen atoms in total. The number of amides is 1. The Balaban J connectivity index is 1.85. The van der Waals surface area contributed by atoms with Gasteiger partial charge in [-0.15, -0.1) is 23.1 Å². The van der Waals surface area contributed by atoms with Crippen LogP contribution in [0.3, 0.4) is 0 Å². The lowest BCUT2D eigenvalue weighted by atomic mass is 9.90. The van der Waals surface area contributed by atoms with Gasteiger partial charge in [0.15, 0.2) is 6.17 Å². The van der Waals surface area contributed by atoms with Gasteiger partial charge >= 0.3 is 6.18 Å². The first kappa shape index (κ1) is 30.5. The van der Waals surface area contributed by atoms with Crippen LogP contribution < -0.4 is 5.32 Å². The Bertz CT molecular complexity index is 1300. The van der Waals surface area contributed by atoms with Crippen LogP contribution in [0.5, 0.6) is 0 Å². The highest BCUT2D eigenvalue weighted by Gasteiger charge is 2.30. The second kappa shape index (κ2) is 12.4. The highest BCUT2D eigenvalue weighted by Crippen LogP contribution is 2.46. The van der Waals surface area contributed by atoms with Crippen molar-refractivity contribution in [2.24, 2.45) is 15.6 Å². The van der Waals surface area contributed by atoms with Crippen molar-refractivity contribution in [3.63, 3.8) is 0 Å². The number of rotatable bonds is 10. The molecule has 39 heavy (non-hydrogen) atoms. The van der Waals surface area contributed by atoms with Crippen LogP contribution in [-0.2, 0) is 6.18 Å². The first-order valence-electron chi connectivity index (χ1n) is 12.3. The highest BCUT2D eigenvalue weighted by atomic mass is 32.2. The Hall–Kier alpha value is -3.05. The molecule has 0 spiro atoms. The first-order valence-corrected chi connectivity index (χ1v) is 14.0. The van der Waals surface area contributed by atoms with Crippen molar-refractivity contribution in [2.45, 2.75) is 63.5 Å². The minimum atomic E-state index is -4.37. The molecule has 0 radical (unpaired) electrons. The molecule has 1 aromatic heterocycles. The fourth-order valence-electron chi connectivity index (χ4n) is 4.23. The summed E-state index contributed by atoms with van der Waals surface area (Å²) >= 11 is 3.12. The number of aryl methyl sites for hydroxylation is 2. The van der Waals surface area contributed by atoms with E-state index >= 15 is 0 Å². The van der Waals surface area contributed by atoms with Gasteiger partial charge in [-0.25, -0.2) is 11.1 Å². The zero-order chi connectivity index (χ0) is 29.0. The average molecular weight is 576 g/mol. The van der Waals surface area contributed by atoms with E-state index in [1.165, 1.54) is 23.5 Å². The molecule has 0 saturated carbocycles. The molecule has 11 heteroatoms. The lowest BCUT2D eigenvalue weighted by Crippen LogP contribution is -2.29. The van der Waals surface area contributed by atoms with Crippen LogP contribution in [0.1, 0.15) is 63.7 Å². The number of carbonyl (C=O) groups is 1. The van der Waals surface area contributed by atoms with E-state index in [0.717, 1.165) is 50.6 Å². The number of halogens is 3. The average Bonchev–Trinajstić information content (AvgIpc) is 3.33. The largest absolute Gasteiger partial charge is 0.416 e. The van der Waals surface area contributed by atoms with E-state index in [2.05, 4.69) is 48.4 Å². The molecule has 3 rings (SSSR count). The molecule has 2 aromatic carbocycles. The lowest BCUT2D eigenvalue weighted by molar-refractivity contribution is -0.137. The number of nitrogens with zero attached hydrogens (tertiary/aromatic N) is 2. The van der Waals surface area contributed by atoms with E-state index in [9.17, 15) is 18.0 Å². The van der Waals surface area contributed by atoms with Gasteiger partial charge in [-0.1, -0.05) is 32.9 Å². The third-order valence-corrected chi connectivity index (χ3v) is 8.55. The molecule has 0 aliphatic heterocycles. The van der Waals surface area contributed by atoms with E-state index < -0.39 is 17.9 Å². The number of thiophene rings is 1. The molecular weight excluding hydrogens is 543 g/mol. The van der Waals surface area contributed by atoms with Crippen LogP contribution in [0.15, 0.2) is 63.7 Å². The summed E-state index contributed by atoms with van der Waals surface area (Å²) in [6.45, 7) is 10.4. The van der Waals surface area contributed by atoms with Crippen LogP contribution in [-0.4, -0.2) is 18.6 Å². The SMILES string of the molecule is Cc1cc(SC(CC(C)(C)C)c2ccc(C(=O)NCC(N=N)N=N)s2)cc(C)c1-c1ccc(C(F)(F)F)cc1. The molecular formula is C28H32F3N5OS2. The van der Waals surface area contributed by atoms with Gasteiger partial charge in [0.05, 0.1) is 17.0 Å². The summed E-state index contributed by atoms with van der Waals surface area (Å²) < 4.78 is 39.0. The van der Waals surface area contributed by atoms with Crippen LogP contribution in [0.2, 0.25) is 0 Å². The van der Waals surface area contributed by atoms with E-state index in [0.29, 0.717) is 4.88 Å². The predicted molar refractivity (Wildman–Crippen MR) is 150 cm³/mol. The van der Waals surface area contributed by atoms with Crippen molar-refractivity contribution < 1.29 is 18.0 Å². The van der Waals surface area contributed by atoms with Crippen molar-refractivity contribution in [3.8, 4) is 11.1 Å². The Morgan fingerprint density at radius 2 is 1.59 bits per heavy atom. The Morgan fingerprint density at radius 3 is 2.10 bits per heavy atom. The summed E-state index contributed by atoms with van der Waals surface area (Å²) in [7, 11) is 0. The molecule has 208 valence electrons. The van der Waals surface area contributed by atoms with Gasteiger partial charge in [-0.3, -0.25) is 4.79 Å². The highest BCUT2D eigenvalue weighted by molar-refractivity contribution is 7.99. The van der Waals surface area contributed by atoms with Gasteiger partial charge in [-0.2, -0.15) is 23.4 Å². The molecule has 0 bridgehead atoms. The zero-order valence-electron chi connectivity index (χ0n) is 22.4. The molecule has 0 saturated heterocycles. The molecule has 0 aliphatic carbocycles. The van der Waals surface area contributed by atoms with Gasteiger partial charge in [0.2, 0.25) is 0 Å². The third-order valence-electron chi connectivity index (χ3n) is 5.99. The van der Waals surface area contributed by atoms with Crippen LogP contribution in [0.25, 0.3) is 11.1 Å². The molecule has 1 unspecified atom stereocenters. The monoisotopic (exact) mass is 575 g/mol. The minimum Gasteiger partial charge on any atom is -0.347 e. The summed E-state index contributed by atoms with van der Waals surface area (Å²) in [4.78, 5) is 15.3. The Morgan fingerprint density at radius 1 is 1.00 bits per heavy atom. The number of benzene rings is 2. The van der Waals surface area contributed by atoms with Crippen LogP contribution >= 0.6 is 23.1 Å². The Labute approximate surface area is 234 Å². The molecule has 3 aromatic rings. The third kappa shape index (κ3) is 8.22. The number of alkyl halides is 3. The quantitative estimate of drug-likeness (QED) is 0.166. The van der Waals surface area contributed by atoms with E-state index in [4.69, 9.17) is 11.1 Å². The van der Waals surface area contributed by atoms with E-state index in [1.807, 2.05) is 19.9 Å². The molecule has 1 amide bonds. The summed E-state index contributed by atoms with van der Waals surface area (Å²) in [5.74, 6) is -0.296. The van der Waals surface area contributed by atoms with Gasteiger partial charge < -0.3 is 5.32 Å². The van der Waals surface area contributed by atoms with Crippen LogP contribution in [0, 0.1) is 30.3 Å². The van der Waals surface area contributed by atoms with Crippen molar-refractivity contribution in [2.75, 3.05) is 6.54 Å². The molecule has 0 aliphatic rings. The maximum Gasteiger partial charge on any atom is 0.416 e. The second-order valence-electron chi connectivity index (χ2n) is 10.5. The minimum absolute atomic E-state index is 0.0108. The smallest absolute Gasteiger partial charge is 0.347 e. The lowest BCUT2D eigenvalue weighted by Gasteiger charge is -2.25. The topological polar surface area (TPSA) is 102 Å². The summed E-state index contributed by atoms with van der Waals surface area (Å²) in [6, 6.07) is 13.1. The maximum atomic E-state index is 13.0. The van der Waals surface area contributed by atoms with Gasteiger partial charge in [0.1, 0.15) is 0 Å². The molecule has 0 fully saturated rings. The number of thioether (sulfide) groups is 1. The number of hydrogen-bond acceptors (Lipinski definition) is 7. The summed E-state index contributed by atoms with van der Waals surface area (Å²) in [5, 5.41) is 9.11. The normalized spacial score (nSPS) is 13.5. The fourth-order valence-corrected chi connectivity index (χ4v) is 7.02. The number of hydrogen-bond donors (Lipinski definition) is 3. The van der Waals surface area contributed by atoms with Crippen molar-refractivity contribution in [1.82, 2.24) is 5.32 Å². The van der Waals surface area contributed by atoms with Gasteiger partial charge in [0, 0.05) is 15.0 Å². The van der Waals surface area contributed by atoms with Crippen LogP contribution in [0.4, 0.5) is 13.2 Å². The second-order valence-corrected chi connectivity index (χ2v) is 12.9. The zero-order valence-corrected chi connectivity index (χ0v) is 24.1. The standard InChI is InChI=1S/C28H32F3N5OS2/c1-16-12-20(13-17(2)25(16)18-6-8-19(9-7-18)28(29,30)31)38-23(14-27(3,4)5)21-10-11-22(39-21)26(37)34-15-24(35-32)36-33/h6-13,23-24,32-33H,14-15H2,1-5H3,(H,34,37). The predicted octanol–water partition coefficient (Wildman–Crippen LogP) is 9.44. The molecule has 3 N–H and O–H groups in total. The van der Waals surface area contributed by atoms with E-state index in [1.54, 1.807) is 17.8 Å². The molecule has 1 atom stereocenters. The Kier molecular flexibility index (Phi) is 9.71. The van der Waals surface area contributed by atoms with Crippen molar-refractivity contribution in [3.05, 3.63) is 75.0 Å². The molecule has 1 heterocycles. The summed E-state index contributed by atoms with van der Waals surface area (Å²) in [6.07, 6.45) is -4.43. The fraction of sp³-hybridized carbons (Fsp3) is 0.393. The first-order chi connectivity index (χ1) is 18.2. The van der Waals surface area contributed by atoms with Crippen molar-refractivity contribution in [1.29, 1.82) is 11.1 Å². The number of carbonyl (C=O) groups excluding carboxylic acids is 1. The van der Waals surface area contributed by atoms with Gasteiger partial charge in [0.25, 0.3) is 5.91 Å². The maximum absolute atomic E-state index is 13.0.